The Bertz CT molecular complexity index is 577. The number of nitrogens with two attached hydrogens (primary N) is 1. The molecule has 0 spiro atoms. The van der Waals surface area contributed by atoms with Crippen molar-refractivity contribution in [2.24, 2.45) is 5.73 Å². The first-order chi connectivity index (χ1) is 10.2. The fraction of sp³-hybridized carbons (Fsp3) is 0.235. The number of amides is 1. The molecule has 0 saturated heterocycles. The molecule has 21 heavy (non-hydrogen) atoms. The van der Waals surface area contributed by atoms with Crippen molar-refractivity contribution in [1.29, 1.82) is 0 Å². The van der Waals surface area contributed by atoms with Gasteiger partial charge in [-0.15, -0.1) is 0 Å². The third-order valence-electron chi connectivity index (χ3n) is 3.26. The van der Waals surface area contributed by atoms with Crippen LogP contribution in [0.3, 0.4) is 0 Å². The first kappa shape index (κ1) is 15.2. The van der Waals surface area contributed by atoms with Gasteiger partial charge in [0.05, 0.1) is 6.42 Å². The van der Waals surface area contributed by atoms with Gasteiger partial charge in [0.15, 0.2) is 0 Å². The largest absolute Gasteiger partial charge is 0.396 e. The average molecular weight is 284 g/mol. The molecule has 0 aromatic heterocycles. The highest BCUT2D eigenvalue weighted by atomic mass is 16.2. The Labute approximate surface area is 124 Å². The molecular weight excluding hydrogens is 264 g/mol. The molecule has 4 N–H and O–H groups in total. The molecule has 0 aliphatic rings. The summed E-state index contributed by atoms with van der Waals surface area (Å²) < 4.78 is 0. The van der Waals surface area contributed by atoms with Crippen LogP contribution in [0.5, 0.6) is 0 Å². The molecule has 0 saturated carbocycles. The molecule has 2 aromatic rings. The summed E-state index contributed by atoms with van der Waals surface area (Å²) in [6.07, 6.45) is 0.963. The summed E-state index contributed by atoms with van der Waals surface area (Å²) in [5, 5.41) is 11.7. The van der Waals surface area contributed by atoms with Crippen molar-refractivity contribution in [3.05, 3.63) is 65.2 Å². The van der Waals surface area contributed by atoms with Crippen LogP contribution < -0.4 is 11.1 Å². The molecule has 2 rings (SSSR count). The second-order valence-corrected chi connectivity index (χ2v) is 4.92. The van der Waals surface area contributed by atoms with E-state index in [9.17, 15) is 4.79 Å². The van der Waals surface area contributed by atoms with E-state index in [0.717, 1.165) is 22.4 Å². The monoisotopic (exact) mass is 284 g/mol. The summed E-state index contributed by atoms with van der Waals surface area (Å²) in [5.41, 5.74) is 9.37. The third kappa shape index (κ3) is 4.70. The number of carbonyl (C=O) groups is 1. The molecule has 0 radical (unpaired) electrons. The van der Waals surface area contributed by atoms with E-state index in [1.165, 1.54) is 0 Å². The second-order valence-electron chi connectivity index (χ2n) is 4.92. The molecule has 0 unspecified atom stereocenters. The zero-order valence-electron chi connectivity index (χ0n) is 11.9. The van der Waals surface area contributed by atoms with Gasteiger partial charge in [-0.2, -0.15) is 0 Å². The number of nitrogens with one attached hydrogen (secondary N) is 1. The molecule has 0 fully saturated rings. The molecule has 0 bridgehead atoms. The number of hydrogen-bond donors (Lipinski definition) is 3. The number of aliphatic hydroxyl groups is 1. The van der Waals surface area contributed by atoms with E-state index in [1.807, 2.05) is 48.5 Å². The SMILES string of the molecule is NCc1ccc(CC(=O)Nc2ccc(CCO)cc2)cc1. The van der Waals surface area contributed by atoms with Crippen LogP contribution in [-0.4, -0.2) is 17.6 Å². The topological polar surface area (TPSA) is 75.4 Å². The van der Waals surface area contributed by atoms with E-state index < -0.39 is 0 Å². The van der Waals surface area contributed by atoms with Gasteiger partial charge in [0, 0.05) is 18.8 Å². The summed E-state index contributed by atoms with van der Waals surface area (Å²) >= 11 is 0. The Hall–Kier alpha value is -2.17. The summed E-state index contributed by atoms with van der Waals surface area (Å²) in [7, 11) is 0. The van der Waals surface area contributed by atoms with Crippen LogP contribution in [0.2, 0.25) is 0 Å². The van der Waals surface area contributed by atoms with Crippen LogP contribution in [0, 0.1) is 0 Å². The molecule has 110 valence electrons. The van der Waals surface area contributed by atoms with E-state index in [4.69, 9.17) is 10.8 Å². The number of rotatable bonds is 6. The third-order valence-corrected chi connectivity index (χ3v) is 3.26. The second kappa shape index (κ2) is 7.57. The Morgan fingerprint density at radius 1 is 0.952 bits per heavy atom. The summed E-state index contributed by atoms with van der Waals surface area (Å²) in [5.74, 6) is -0.0505. The first-order valence-corrected chi connectivity index (χ1v) is 6.99. The maximum Gasteiger partial charge on any atom is 0.228 e. The lowest BCUT2D eigenvalue weighted by Crippen LogP contribution is -2.14. The van der Waals surface area contributed by atoms with Crippen LogP contribution in [0.25, 0.3) is 0 Å². The lowest BCUT2D eigenvalue weighted by atomic mass is 10.1. The first-order valence-electron chi connectivity index (χ1n) is 6.99. The normalized spacial score (nSPS) is 10.4. The average Bonchev–Trinajstić information content (AvgIpc) is 2.50. The minimum Gasteiger partial charge on any atom is -0.396 e. The van der Waals surface area contributed by atoms with Gasteiger partial charge in [0.25, 0.3) is 0 Å². The maximum absolute atomic E-state index is 12.0. The van der Waals surface area contributed by atoms with Gasteiger partial charge in [-0.3, -0.25) is 4.79 Å². The highest BCUT2D eigenvalue weighted by Gasteiger charge is 2.04. The van der Waals surface area contributed by atoms with E-state index in [-0.39, 0.29) is 12.5 Å². The highest BCUT2D eigenvalue weighted by Crippen LogP contribution is 2.11. The number of hydrogen-bond acceptors (Lipinski definition) is 3. The van der Waals surface area contributed by atoms with Gasteiger partial charge in [-0.05, 0) is 35.2 Å². The quantitative estimate of drug-likeness (QED) is 0.758. The zero-order chi connectivity index (χ0) is 15.1. The van der Waals surface area contributed by atoms with Crippen molar-refractivity contribution in [2.45, 2.75) is 19.4 Å². The van der Waals surface area contributed by atoms with Crippen molar-refractivity contribution in [1.82, 2.24) is 0 Å². The molecule has 0 aliphatic carbocycles. The van der Waals surface area contributed by atoms with E-state index in [0.29, 0.717) is 19.4 Å². The van der Waals surface area contributed by atoms with Crippen LogP contribution in [0.4, 0.5) is 5.69 Å². The Balaban J connectivity index is 1.91. The zero-order valence-corrected chi connectivity index (χ0v) is 11.9. The van der Waals surface area contributed by atoms with E-state index in [1.54, 1.807) is 0 Å². The van der Waals surface area contributed by atoms with Crippen molar-refractivity contribution >= 4 is 11.6 Å². The molecule has 2 aromatic carbocycles. The predicted octanol–water partition coefficient (Wildman–Crippen LogP) is 1.86. The predicted molar refractivity (Wildman–Crippen MR) is 83.9 cm³/mol. The van der Waals surface area contributed by atoms with Gasteiger partial charge in [-0.25, -0.2) is 0 Å². The van der Waals surface area contributed by atoms with Crippen molar-refractivity contribution in [3.8, 4) is 0 Å². The fourth-order valence-corrected chi connectivity index (χ4v) is 2.07. The standard InChI is InChI=1S/C17H20N2O2/c18-12-15-3-1-14(2-4-15)11-17(21)19-16-7-5-13(6-8-16)9-10-20/h1-8,20H,9-12,18H2,(H,19,21). The molecule has 0 atom stereocenters. The van der Waals surface area contributed by atoms with Crippen molar-refractivity contribution in [3.63, 3.8) is 0 Å². The van der Waals surface area contributed by atoms with Crippen LogP contribution in [0.1, 0.15) is 16.7 Å². The van der Waals surface area contributed by atoms with Crippen molar-refractivity contribution < 1.29 is 9.90 Å². The fourth-order valence-electron chi connectivity index (χ4n) is 2.07. The molecule has 1 amide bonds. The Morgan fingerprint density at radius 3 is 2.10 bits per heavy atom. The smallest absolute Gasteiger partial charge is 0.228 e. The van der Waals surface area contributed by atoms with Crippen molar-refractivity contribution in [2.75, 3.05) is 11.9 Å². The highest BCUT2D eigenvalue weighted by molar-refractivity contribution is 5.92. The Kier molecular flexibility index (Phi) is 5.49. The minimum atomic E-state index is -0.0505. The van der Waals surface area contributed by atoms with Gasteiger partial charge >= 0.3 is 0 Å². The number of anilines is 1. The van der Waals surface area contributed by atoms with E-state index >= 15 is 0 Å². The van der Waals surface area contributed by atoms with Crippen LogP contribution in [0.15, 0.2) is 48.5 Å². The van der Waals surface area contributed by atoms with E-state index in [2.05, 4.69) is 5.32 Å². The summed E-state index contributed by atoms with van der Waals surface area (Å²) in [6.45, 7) is 0.636. The molecular formula is C17H20N2O2. The number of carbonyl (C=O) groups excluding carboxylic acids is 1. The lowest BCUT2D eigenvalue weighted by Gasteiger charge is -2.07. The Morgan fingerprint density at radius 2 is 1.52 bits per heavy atom. The maximum atomic E-state index is 12.0. The summed E-state index contributed by atoms with van der Waals surface area (Å²) in [4.78, 5) is 12.0. The number of aliphatic hydroxyl groups excluding tert-OH is 1. The minimum absolute atomic E-state index is 0.0505. The van der Waals surface area contributed by atoms with Gasteiger partial charge in [0.2, 0.25) is 5.91 Å². The molecule has 0 heterocycles. The molecule has 4 heteroatoms. The lowest BCUT2D eigenvalue weighted by molar-refractivity contribution is -0.115. The van der Waals surface area contributed by atoms with Gasteiger partial charge in [0.1, 0.15) is 0 Å². The summed E-state index contributed by atoms with van der Waals surface area (Å²) in [6, 6.07) is 15.2. The molecule has 0 aliphatic heterocycles. The van der Waals surface area contributed by atoms with Gasteiger partial charge in [-0.1, -0.05) is 36.4 Å². The number of benzene rings is 2. The van der Waals surface area contributed by atoms with Crippen LogP contribution >= 0.6 is 0 Å². The van der Waals surface area contributed by atoms with Crippen LogP contribution in [-0.2, 0) is 24.2 Å². The molecule has 4 nitrogen and oxygen atoms in total. The van der Waals surface area contributed by atoms with Gasteiger partial charge < -0.3 is 16.2 Å².